The summed E-state index contributed by atoms with van der Waals surface area (Å²) in [4.78, 5) is 12.6. The Morgan fingerprint density at radius 2 is 1.72 bits per heavy atom. The molecule has 3 rings (SSSR count). The molecule has 1 N–H and O–H groups in total. The van der Waals surface area contributed by atoms with E-state index in [9.17, 15) is 26.4 Å². The minimum atomic E-state index is -4.57. The van der Waals surface area contributed by atoms with Crippen LogP contribution in [0.25, 0.3) is 0 Å². The summed E-state index contributed by atoms with van der Waals surface area (Å²) >= 11 is 5.92. The summed E-state index contributed by atoms with van der Waals surface area (Å²) in [6.07, 6.45) is -2.23. The molecule has 2 aromatic rings. The molecule has 10 heteroatoms. The third kappa shape index (κ3) is 6.24. The molecule has 2 aromatic carbocycles. The molecule has 174 valence electrons. The fourth-order valence-corrected chi connectivity index (χ4v) is 4.75. The Kier molecular flexibility index (Phi) is 7.52. The predicted molar refractivity (Wildman–Crippen MR) is 114 cm³/mol. The van der Waals surface area contributed by atoms with Crippen molar-refractivity contribution in [1.82, 2.24) is 5.32 Å². The third-order valence-electron chi connectivity index (χ3n) is 5.49. The molecule has 1 amide bonds. The van der Waals surface area contributed by atoms with Crippen LogP contribution in [0.4, 0.5) is 13.2 Å². The Bertz CT molecular complexity index is 1060. The average Bonchev–Trinajstić information content (AvgIpc) is 2.73. The van der Waals surface area contributed by atoms with Crippen molar-refractivity contribution >= 4 is 27.6 Å². The van der Waals surface area contributed by atoms with E-state index in [0.29, 0.717) is 25.7 Å². The fraction of sp³-hybridized carbons (Fsp3) is 0.409. The highest BCUT2D eigenvalue weighted by molar-refractivity contribution is 7.86. The van der Waals surface area contributed by atoms with Gasteiger partial charge in [0.15, 0.2) is 0 Å². The van der Waals surface area contributed by atoms with Crippen LogP contribution in [0, 0.1) is 12.8 Å². The van der Waals surface area contributed by atoms with E-state index in [0.717, 1.165) is 23.8 Å². The summed E-state index contributed by atoms with van der Waals surface area (Å²) in [7, 11) is -3.84. The van der Waals surface area contributed by atoms with Crippen LogP contribution in [-0.2, 0) is 20.5 Å². The number of rotatable bonds is 6. The fourth-order valence-electron chi connectivity index (χ4n) is 3.57. The van der Waals surface area contributed by atoms with Crippen molar-refractivity contribution in [2.75, 3.05) is 6.61 Å². The quantitative estimate of drug-likeness (QED) is 0.554. The van der Waals surface area contributed by atoms with Crippen molar-refractivity contribution < 1.29 is 30.6 Å². The molecule has 1 aliphatic carbocycles. The van der Waals surface area contributed by atoms with Gasteiger partial charge in [0.25, 0.3) is 16.0 Å². The van der Waals surface area contributed by atoms with Gasteiger partial charge in [-0.2, -0.15) is 21.6 Å². The lowest BCUT2D eigenvalue weighted by molar-refractivity contribution is -0.137. The number of amides is 1. The zero-order valence-corrected chi connectivity index (χ0v) is 18.9. The second-order valence-electron chi connectivity index (χ2n) is 7.94. The van der Waals surface area contributed by atoms with Gasteiger partial charge < -0.3 is 5.32 Å². The monoisotopic (exact) mass is 489 g/mol. The van der Waals surface area contributed by atoms with Crippen molar-refractivity contribution in [3.63, 3.8) is 0 Å². The van der Waals surface area contributed by atoms with E-state index in [-0.39, 0.29) is 34.0 Å². The van der Waals surface area contributed by atoms with E-state index in [4.69, 9.17) is 15.8 Å². The molecule has 0 spiro atoms. The summed E-state index contributed by atoms with van der Waals surface area (Å²) in [5.41, 5.74) is -0.227. The molecule has 1 aliphatic rings. The molecule has 0 atom stereocenters. The first-order chi connectivity index (χ1) is 15.0. The van der Waals surface area contributed by atoms with Crippen molar-refractivity contribution in [1.29, 1.82) is 0 Å². The van der Waals surface area contributed by atoms with Crippen molar-refractivity contribution in [2.24, 2.45) is 5.92 Å². The topological polar surface area (TPSA) is 72.5 Å². The van der Waals surface area contributed by atoms with Gasteiger partial charge in [0.1, 0.15) is 0 Å². The highest BCUT2D eigenvalue weighted by Gasteiger charge is 2.32. The molecule has 0 saturated heterocycles. The predicted octanol–water partition coefficient (Wildman–Crippen LogP) is 5.36. The number of aryl methyl sites for hydroxylation is 1. The number of carbonyl (C=O) groups is 1. The van der Waals surface area contributed by atoms with Gasteiger partial charge in [0, 0.05) is 6.04 Å². The molecule has 0 bridgehead atoms. The van der Waals surface area contributed by atoms with Crippen molar-refractivity contribution in [2.45, 2.75) is 49.7 Å². The lowest BCUT2D eigenvalue weighted by Crippen LogP contribution is -2.38. The Balaban J connectivity index is 1.52. The van der Waals surface area contributed by atoms with E-state index in [1.165, 1.54) is 12.1 Å². The summed E-state index contributed by atoms with van der Waals surface area (Å²) in [6, 6.07) is 8.77. The second kappa shape index (κ2) is 9.80. The lowest BCUT2D eigenvalue weighted by Gasteiger charge is -2.29. The van der Waals surface area contributed by atoms with Crippen LogP contribution in [0.15, 0.2) is 47.4 Å². The summed E-state index contributed by atoms with van der Waals surface area (Å²) < 4.78 is 68.6. The summed E-state index contributed by atoms with van der Waals surface area (Å²) in [5.74, 6) is -0.664. The number of hydrogen-bond donors (Lipinski definition) is 1. The zero-order valence-electron chi connectivity index (χ0n) is 17.3. The molecule has 32 heavy (non-hydrogen) atoms. The van der Waals surface area contributed by atoms with Crippen LogP contribution in [0.1, 0.15) is 47.2 Å². The first kappa shape index (κ1) is 24.5. The van der Waals surface area contributed by atoms with Crippen LogP contribution in [0.5, 0.6) is 0 Å². The largest absolute Gasteiger partial charge is 0.416 e. The smallest absolute Gasteiger partial charge is 0.349 e. The van der Waals surface area contributed by atoms with Crippen LogP contribution >= 0.6 is 11.6 Å². The second-order valence-corrected chi connectivity index (χ2v) is 9.96. The third-order valence-corrected chi connectivity index (χ3v) is 7.11. The number of carbonyl (C=O) groups excluding carboxylic acids is 1. The lowest BCUT2D eigenvalue weighted by atomic mass is 9.86. The summed E-state index contributed by atoms with van der Waals surface area (Å²) in [6.45, 7) is 1.89. The molecule has 0 unspecified atom stereocenters. The molecule has 0 aromatic heterocycles. The highest BCUT2D eigenvalue weighted by atomic mass is 35.5. The Hall–Kier alpha value is -2.10. The highest BCUT2D eigenvalue weighted by Crippen LogP contribution is 2.32. The first-order valence-electron chi connectivity index (χ1n) is 10.1. The van der Waals surface area contributed by atoms with Crippen molar-refractivity contribution in [3.05, 3.63) is 64.2 Å². The standard InChI is InChI=1S/C22H23ClF3NO4S/c1-14-2-9-18(10-3-14)32(29,30)31-13-15-4-7-17(8-5-15)27-21(28)19-12-16(22(24,25)26)6-11-20(19)23/h2-3,6,9-12,15,17H,4-5,7-8,13H2,1H3,(H,27,28). The van der Waals surface area contributed by atoms with Gasteiger partial charge >= 0.3 is 6.18 Å². The minimum Gasteiger partial charge on any atom is -0.349 e. The van der Waals surface area contributed by atoms with Crippen LogP contribution in [0.3, 0.4) is 0 Å². The molecule has 1 fully saturated rings. The Labute approximate surface area is 190 Å². The van der Waals surface area contributed by atoms with E-state index >= 15 is 0 Å². The van der Waals surface area contributed by atoms with Gasteiger partial charge in [-0.1, -0.05) is 29.3 Å². The van der Waals surface area contributed by atoms with Gasteiger partial charge in [-0.25, -0.2) is 0 Å². The zero-order chi connectivity index (χ0) is 23.5. The number of halogens is 4. The normalized spacial score (nSPS) is 19.5. The molecular weight excluding hydrogens is 467 g/mol. The van der Waals surface area contributed by atoms with E-state index < -0.39 is 27.8 Å². The molecule has 5 nitrogen and oxygen atoms in total. The maximum atomic E-state index is 12.9. The van der Waals surface area contributed by atoms with Gasteiger partial charge in [-0.05, 0) is 68.9 Å². The Morgan fingerprint density at radius 1 is 1.09 bits per heavy atom. The maximum Gasteiger partial charge on any atom is 0.416 e. The van der Waals surface area contributed by atoms with E-state index in [2.05, 4.69) is 5.32 Å². The molecular formula is C22H23ClF3NO4S. The van der Waals surface area contributed by atoms with E-state index in [1.807, 2.05) is 6.92 Å². The van der Waals surface area contributed by atoms with Gasteiger partial charge in [-0.3, -0.25) is 8.98 Å². The van der Waals surface area contributed by atoms with Gasteiger partial charge in [0.05, 0.1) is 27.7 Å². The number of benzene rings is 2. The maximum absolute atomic E-state index is 12.9. The van der Waals surface area contributed by atoms with Crippen LogP contribution < -0.4 is 5.32 Å². The van der Waals surface area contributed by atoms with Gasteiger partial charge in [-0.15, -0.1) is 0 Å². The SMILES string of the molecule is Cc1ccc(S(=O)(=O)OCC2CCC(NC(=O)c3cc(C(F)(F)F)ccc3Cl)CC2)cc1. The molecule has 0 radical (unpaired) electrons. The van der Waals surface area contributed by atoms with Crippen LogP contribution in [-0.4, -0.2) is 27.0 Å². The molecule has 0 heterocycles. The Morgan fingerprint density at radius 3 is 2.31 bits per heavy atom. The number of hydrogen-bond acceptors (Lipinski definition) is 4. The molecule has 0 aliphatic heterocycles. The number of nitrogens with one attached hydrogen (secondary N) is 1. The summed E-state index contributed by atoms with van der Waals surface area (Å²) in [5, 5.41) is 2.67. The minimum absolute atomic E-state index is 0.000482. The molecule has 1 saturated carbocycles. The average molecular weight is 490 g/mol. The first-order valence-corrected chi connectivity index (χ1v) is 11.9. The van der Waals surface area contributed by atoms with Crippen molar-refractivity contribution in [3.8, 4) is 0 Å². The van der Waals surface area contributed by atoms with E-state index in [1.54, 1.807) is 12.1 Å². The van der Waals surface area contributed by atoms with Crippen LogP contribution in [0.2, 0.25) is 5.02 Å². The number of alkyl halides is 3. The van der Waals surface area contributed by atoms with Gasteiger partial charge in [0.2, 0.25) is 0 Å².